The van der Waals surface area contributed by atoms with Crippen molar-refractivity contribution in [3.63, 3.8) is 0 Å². The first-order chi connectivity index (χ1) is 8.16. The molecule has 1 N–H and O–H groups in total. The second-order valence-electron chi connectivity index (χ2n) is 4.83. The Labute approximate surface area is 116 Å². The van der Waals surface area contributed by atoms with E-state index in [1.165, 1.54) is 25.8 Å². The zero-order valence-electron chi connectivity index (χ0n) is 10.2. The highest BCUT2D eigenvalue weighted by Crippen LogP contribution is 2.29. The average molecular weight is 318 g/mol. The van der Waals surface area contributed by atoms with Crippen LogP contribution >= 0.6 is 27.3 Å². The Morgan fingerprint density at radius 3 is 3.00 bits per heavy atom. The zero-order valence-corrected chi connectivity index (χ0v) is 12.6. The van der Waals surface area contributed by atoms with E-state index in [1.54, 1.807) is 11.3 Å². The fraction of sp³-hybridized carbons (Fsp3) is 0.692. The van der Waals surface area contributed by atoms with E-state index in [0.717, 1.165) is 21.6 Å². The van der Waals surface area contributed by atoms with Crippen molar-refractivity contribution >= 4 is 27.3 Å². The Kier molecular flexibility index (Phi) is 5.03. The van der Waals surface area contributed by atoms with Gasteiger partial charge in [-0.3, -0.25) is 0 Å². The molecule has 2 atom stereocenters. The lowest BCUT2D eigenvalue weighted by molar-refractivity contribution is 0.111. The summed E-state index contributed by atoms with van der Waals surface area (Å²) in [6, 6.07) is 4.71. The summed E-state index contributed by atoms with van der Waals surface area (Å²) in [6.07, 6.45) is 4.52. The molecule has 0 amide bonds. The van der Waals surface area contributed by atoms with Crippen molar-refractivity contribution in [3.8, 4) is 0 Å². The van der Waals surface area contributed by atoms with Crippen molar-refractivity contribution < 1.29 is 5.11 Å². The molecule has 0 saturated carbocycles. The summed E-state index contributed by atoms with van der Waals surface area (Å²) in [5.41, 5.74) is 0. The Hall–Kier alpha value is 0.1000. The first kappa shape index (κ1) is 13.5. The van der Waals surface area contributed by atoms with Crippen LogP contribution in [0.1, 0.15) is 43.6 Å². The molecule has 1 aromatic heterocycles. The lowest BCUT2D eigenvalue weighted by atomic mass is 10.0. The van der Waals surface area contributed by atoms with Gasteiger partial charge < -0.3 is 10.0 Å². The maximum absolute atomic E-state index is 10.1. The molecule has 1 fully saturated rings. The molecular formula is C13H20BrNOS. The number of hydrogen-bond donors (Lipinski definition) is 1. The van der Waals surface area contributed by atoms with Crippen LogP contribution in [0.4, 0.5) is 0 Å². The minimum absolute atomic E-state index is 0.305. The summed E-state index contributed by atoms with van der Waals surface area (Å²) in [4.78, 5) is 3.58. The van der Waals surface area contributed by atoms with Crippen molar-refractivity contribution in [1.82, 2.24) is 4.90 Å². The number of thiophene rings is 1. The molecule has 2 heterocycles. The summed E-state index contributed by atoms with van der Waals surface area (Å²) in [6.45, 7) is 4.51. The van der Waals surface area contributed by atoms with Crippen LogP contribution in [0.5, 0.6) is 0 Å². The maximum atomic E-state index is 10.1. The topological polar surface area (TPSA) is 23.5 Å². The normalized spacial score (nSPS) is 23.8. The maximum Gasteiger partial charge on any atom is 0.0894 e. The van der Waals surface area contributed by atoms with E-state index < -0.39 is 0 Å². The van der Waals surface area contributed by atoms with Crippen LogP contribution in [0.25, 0.3) is 0 Å². The average Bonchev–Trinajstić information content (AvgIpc) is 2.74. The fourth-order valence-electron chi connectivity index (χ4n) is 2.43. The molecule has 1 saturated heterocycles. The molecule has 0 radical (unpaired) electrons. The van der Waals surface area contributed by atoms with E-state index >= 15 is 0 Å². The van der Waals surface area contributed by atoms with Crippen LogP contribution in [0.3, 0.4) is 0 Å². The van der Waals surface area contributed by atoms with Gasteiger partial charge in [-0.05, 0) is 60.8 Å². The summed E-state index contributed by atoms with van der Waals surface area (Å²) in [5.74, 6) is 0. The minimum atomic E-state index is -0.305. The molecule has 1 aliphatic heterocycles. The molecule has 2 rings (SSSR count). The predicted octanol–water partition coefficient (Wildman–Crippen LogP) is 3.81. The second kappa shape index (κ2) is 6.32. The van der Waals surface area contributed by atoms with Gasteiger partial charge in [0.25, 0.3) is 0 Å². The lowest BCUT2D eigenvalue weighted by Crippen LogP contribution is -2.38. The summed E-state index contributed by atoms with van der Waals surface area (Å²) >= 11 is 5.07. The molecule has 4 heteroatoms. The van der Waals surface area contributed by atoms with Gasteiger partial charge in [-0.2, -0.15) is 0 Å². The van der Waals surface area contributed by atoms with Crippen molar-refractivity contribution in [3.05, 3.63) is 20.8 Å². The van der Waals surface area contributed by atoms with Crippen molar-refractivity contribution in [2.24, 2.45) is 0 Å². The molecule has 1 aliphatic rings. The molecule has 0 spiro atoms. The Morgan fingerprint density at radius 1 is 1.53 bits per heavy atom. The Balaban J connectivity index is 1.81. The van der Waals surface area contributed by atoms with Gasteiger partial charge in [0, 0.05) is 17.5 Å². The number of piperidine rings is 1. The van der Waals surface area contributed by atoms with E-state index in [1.807, 2.05) is 12.1 Å². The van der Waals surface area contributed by atoms with Gasteiger partial charge in [0.2, 0.25) is 0 Å². The molecule has 17 heavy (non-hydrogen) atoms. The van der Waals surface area contributed by atoms with Crippen molar-refractivity contribution in [2.75, 3.05) is 13.1 Å². The molecule has 1 aromatic rings. The molecule has 2 nitrogen and oxygen atoms in total. The fourth-order valence-corrected chi connectivity index (χ4v) is 3.87. The van der Waals surface area contributed by atoms with Crippen molar-refractivity contribution in [1.29, 1.82) is 0 Å². The van der Waals surface area contributed by atoms with Crippen molar-refractivity contribution in [2.45, 2.75) is 44.8 Å². The molecule has 0 aliphatic carbocycles. The van der Waals surface area contributed by atoms with E-state index in [-0.39, 0.29) is 6.10 Å². The number of aliphatic hydroxyl groups is 1. The quantitative estimate of drug-likeness (QED) is 0.912. The molecule has 2 unspecified atom stereocenters. The first-order valence-corrected chi connectivity index (χ1v) is 7.95. The van der Waals surface area contributed by atoms with Gasteiger partial charge in [0.15, 0.2) is 0 Å². The standard InChI is InChI=1S/C13H20BrNOS/c1-10-4-2-3-8-15(10)9-7-11(16)12-5-6-13(14)17-12/h5-6,10-11,16H,2-4,7-9H2,1H3. The van der Waals surface area contributed by atoms with Gasteiger partial charge in [-0.15, -0.1) is 11.3 Å². The molecular weight excluding hydrogens is 298 g/mol. The van der Waals surface area contributed by atoms with Gasteiger partial charge in [-0.1, -0.05) is 6.42 Å². The third kappa shape index (κ3) is 3.78. The summed E-state index contributed by atoms with van der Waals surface area (Å²) < 4.78 is 1.10. The van der Waals surface area contributed by atoms with E-state index in [4.69, 9.17) is 0 Å². The highest BCUT2D eigenvalue weighted by atomic mass is 79.9. The van der Waals surface area contributed by atoms with Crippen LogP contribution in [-0.4, -0.2) is 29.1 Å². The van der Waals surface area contributed by atoms with Crippen LogP contribution < -0.4 is 0 Å². The Bertz CT molecular complexity index is 355. The van der Waals surface area contributed by atoms with Crippen LogP contribution in [-0.2, 0) is 0 Å². The second-order valence-corrected chi connectivity index (χ2v) is 7.32. The van der Waals surface area contributed by atoms with Crippen LogP contribution in [0.15, 0.2) is 15.9 Å². The van der Waals surface area contributed by atoms with E-state index in [9.17, 15) is 5.11 Å². The van der Waals surface area contributed by atoms with Gasteiger partial charge in [-0.25, -0.2) is 0 Å². The van der Waals surface area contributed by atoms with Gasteiger partial charge in [0.05, 0.1) is 9.89 Å². The number of aliphatic hydroxyl groups excluding tert-OH is 1. The highest BCUT2D eigenvalue weighted by molar-refractivity contribution is 9.11. The third-order valence-corrected chi connectivity index (χ3v) is 5.28. The minimum Gasteiger partial charge on any atom is -0.388 e. The lowest BCUT2D eigenvalue weighted by Gasteiger charge is -2.33. The molecule has 96 valence electrons. The number of likely N-dealkylation sites (tertiary alicyclic amines) is 1. The molecule has 0 aromatic carbocycles. The predicted molar refractivity (Wildman–Crippen MR) is 76.5 cm³/mol. The third-order valence-electron chi connectivity index (χ3n) is 3.55. The summed E-state index contributed by atoms with van der Waals surface area (Å²) in [5, 5.41) is 10.1. The van der Waals surface area contributed by atoms with Crippen LogP contribution in [0, 0.1) is 0 Å². The zero-order chi connectivity index (χ0) is 12.3. The van der Waals surface area contributed by atoms with Gasteiger partial charge in [0.1, 0.15) is 0 Å². The first-order valence-electron chi connectivity index (χ1n) is 6.34. The highest BCUT2D eigenvalue weighted by Gasteiger charge is 2.19. The summed E-state index contributed by atoms with van der Waals surface area (Å²) in [7, 11) is 0. The number of rotatable bonds is 4. The van der Waals surface area contributed by atoms with Gasteiger partial charge >= 0.3 is 0 Å². The van der Waals surface area contributed by atoms with Crippen LogP contribution in [0.2, 0.25) is 0 Å². The van der Waals surface area contributed by atoms with E-state index in [0.29, 0.717) is 6.04 Å². The van der Waals surface area contributed by atoms with E-state index in [2.05, 4.69) is 27.8 Å². The number of halogens is 1. The SMILES string of the molecule is CC1CCCCN1CCC(O)c1ccc(Br)s1. The number of nitrogens with zero attached hydrogens (tertiary/aromatic N) is 1. The Morgan fingerprint density at radius 2 is 2.35 bits per heavy atom. The number of hydrogen-bond acceptors (Lipinski definition) is 3. The largest absolute Gasteiger partial charge is 0.388 e. The smallest absolute Gasteiger partial charge is 0.0894 e. The monoisotopic (exact) mass is 317 g/mol. The molecule has 0 bridgehead atoms.